The van der Waals surface area contributed by atoms with E-state index >= 15 is 0 Å². The summed E-state index contributed by atoms with van der Waals surface area (Å²) >= 11 is 0. The summed E-state index contributed by atoms with van der Waals surface area (Å²) in [6.45, 7) is 20.8. The number of hydrogen-bond donors (Lipinski definition) is 0. The molecule has 0 aromatic heterocycles. The second-order valence-corrected chi connectivity index (χ2v) is 12.9. The summed E-state index contributed by atoms with van der Waals surface area (Å²) in [5.74, 6) is 3.62. The summed E-state index contributed by atoms with van der Waals surface area (Å²) in [7, 11) is 0. The molecule has 4 aliphatic rings. The Morgan fingerprint density at radius 3 is 2.29 bits per heavy atom. The number of allylic oxidation sites excluding steroid dienone is 2. The molecule has 160 valence electrons. The molecular weight excluding hydrogens is 336 g/mol. The van der Waals surface area contributed by atoms with Crippen LogP contribution in [-0.2, 0) is 0 Å². The van der Waals surface area contributed by atoms with E-state index in [0.717, 1.165) is 23.7 Å². The van der Waals surface area contributed by atoms with Crippen molar-refractivity contribution in [2.45, 2.75) is 120 Å². The first-order valence-electron chi connectivity index (χ1n) is 12.8. The Bertz CT molecular complexity index is 653. The average Bonchev–Trinajstić information content (AvgIpc) is 2.91. The van der Waals surface area contributed by atoms with Crippen LogP contribution in [0.15, 0.2) is 11.1 Å². The second kappa shape index (κ2) is 6.62. The minimum Gasteiger partial charge on any atom is -0.0654 e. The van der Waals surface area contributed by atoms with Gasteiger partial charge in [0, 0.05) is 0 Å². The van der Waals surface area contributed by atoms with Crippen LogP contribution in [0.4, 0.5) is 0 Å². The van der Waals surface area contributed by atoms with Crippen molar-refractivity contribution in [2.75, 3.05) is 0 Å². The van der Waals surface area contributed by atoms with Crippen LogP contribution in [0.1, 0.15) is 120 Å². The Morgan fingerprint density at radius 1 is 0.893 bits per heavy atom. The van der Waals surface area contributed by atoms with Crippen LogP contribution < -0.4 is 0 Å². The van der Waals surface area contributed by atoms with E-state index < -0.39 is 0 Å². The van der Waals surface area contributed by atoms with E-state index in [1.807, 2.05) is 11.1 Å². The molecule has 7 unspecified atom stereocenters. The van der Waals surface area contributed by atoms with Crippen LogP contribution in [0.25, 0.3) is 0 Å². The normalized spacial score (nSPS) is 48.6. The van der Waals surface area contributed by atoms with Gasteiger partial charge in [-0.3, -0.25) is 0 Å². The standard InChI is InChI=1S/C28H48/c1-9-10-19(2)21-14-17-28(8)23-11-12-24-25(4,5)20(3)13-16-26(24,6)22(23)15-18-27(21,28)7/h19-21,24H,9-18H2,1-8H3. The first-order valence-corrected chi connectivity index (χ1v) is 12.8. The highest BCUT2D eigenvalue weighted by molar-refractivity contribution is 5.38. The zero-order chi connectivity index (χ0) is 20.5. The summed E-state index contributed by atoms with van der Waals surface area (Å²) < 4.78 is 0. The fourth-order valence-corrected chi connectivity index (χ4v) is 9.48. The maximum atomic E-state index is 2.71. The van der Waals surface area contributed by atoms with E-state index in [4.69, 9.17) is 0 Å². The molecule has 4 aliphatic carbocycles. The predicted octanol–water partition coefficient (Wildman–Crippen LogP) is 8.81. The van der Waals surface area contributed by atoms with Gasteiger partial charge in [0.25, 0.3) is 0 Å². The number of fused-ring (bicyclic) bond motifs is 4. The lowest BCUT2D eigenvalue weighted by Gasteiger charge is -2.62. The van der Waals surface area contributed by atoms with E-state index in [9.17, 15) is 0 Å². The molecule has 0 aromatic carbocycles. The van der Waals surface area contributed by atoms with Crippen molar-refractivity contribution < 1.29 is 0 Å². The molecule has 2 saturated carbocycles. The predicted molar refractivity (Wildman–Crippen MR) is 122 cm³/mol. The van der Waals surface area contributed by atoms with E-state index in [1.54, 1.807) is 0 Å². The third kappa shape index (κ3) is 2.54. The Hall–Kier alpha value is -0.260. The van der Waals surface area contributed by atoms with Gasteiger partial charge in [-0.05, 0) is 96.7 Å². The molecule has 0 aromatic rings. The van der Waals surface area contributed by atoms with Crippen LogP contribution in [0, 0.1) is 45.3 Å². The fourth-order valence-electron chi connectivity index (χ4n) is 9.48. The largest absolute Gasteiger partial charge is 0.0654 e. The Morgan fingerprint density at radius 2 is 1.61 bits per heavy atom. The fraction of sp³-hybridized carbons (Fsp3) is 0.929. The van der Waals surface area contributed by atoms with Gasteiger partial charge in [-0.25, -0.2) is 0 Å². The monoisotopic (exact) mass is 384 g/mol. The summed E-state index contributed by atoms with van der Waals surface area (Å²) in [5, 5.41) is 0. The van der Waals surface area contributed by atoms with E-state index in [-0.39, 0.29) is 0 Å². The second-order valence-electron chi connectivity index (χ2n) is 12.9. The van der Waals surface area contributed by atoms with Crippen molar-refractivity contribution >= 4 is 0 Å². The lowest BCUT2D eigenvalue weighted by molar-refractivity contribution is -0.0482. The van der Waals surface area contributed by atoms with E-state index in [1.165, 1.54) is 64.2 Å². The van der Waals surface area contributed by atoms with Crippen LogP contribution >= 0.6 is 0 Å². The molecule has 0 saturated heterocycles. The molecule has 0 heterocycles. The van der Waals surface area contributed by atoms with E-state index in [0.29, 0.717) is 21.7 Å². The minimum atomic E-state index is 0.481. The summed E-state index contributed by atoms with van der Waals surface area (Å²) in [6, 6.07) is 0. The molecule has 0 aliphatic heterocycles. The number of rotatable bonds is 3. The molecule has 4 rings (SSSR count). The minimum absolute atomic E-state index is 0.481. The van der Waals surface area contributed by atoms with Crippen molar-refractivity contribution in [1.82, 2.24) is 0 Å². The molecule has 0 bridgehead atoms. The maximum absolute atomic E-state index is 2.71. The molecule has 0 heteroatoms. The lowest BCUT2D eigenvalue weighted by atomic mass is 9.42. The van der Waals surface area contributed by atoms with Crippen molar-refractivity contribution in [3.05, 3.63) is 11.1 Å². The molecular formula is C28H48. The Labute approximate surface area is 176 Å². The molecule has 0 nitrogen and oxygen atoms in total. The van der Waals surface area contributed by atoms with Crippen LogP contribution in [0.3, 0.4) is 0 Å². The molecule has 0 N–H and O–H groups in total. The van der Waals surface area contributed by atoms with Gasteiger partial charge in [0.2, 0.25) is 0 Å². The smallest absolute Gasteiger partial charge is 0.00568 e. The Balaban J connectivity index is 1.74. The zero-order valence-electron chi connectivity index (χ0n) is 20.4. The third-order valence-corrected chi connectivity index (χ3v) is 11.8. The van der Waals surface area contributed by atoms with Gasteiger partial charge < -0.3 is 0 Å². The lowest BCUT2D eigenvalue weighted by Crippen LogP contribution is -2.53. The van der Waals surface area contributed by atoms with Gasteiger partial charge in [0.1, 0.15) is 0 Å². The molecule has 0 radical (unpaired) electrons. The highest BCUT2D eigenvalue weighted by Gasteiger charge is 2.62. The van der Waals surface area contributed by atoms with Crippen LogP contribution in [0.2, 0.25) is 0 Å². The van der Waals surface area contributed by atoms with Gasteiger partial charge in [0.05, 0.1) is 0 Å². The topological polar surface area (TPSA) is 0 Å². The van der Waals surface area contributed by atoms with Crippen LogP contribution in [-0.4, -0.2) is 0 Å². The summed E-state index contributed by atoms with van der Waals surface area (Å²) in [6.07, 6.45) is 14.3. The summed E-state index contributed by atoms with van der Waals surface area (Å²) in [4.78, 5) is 0. The van der Waals surface area contributed by atoms with Gasteiger partial charge in [-0.2, -0.15) is 0 Å². The highest BCUT2D eigenvalue weighted by atomic mass is 14.7. The third-order valence-electron chi connectivity index (χ3n) is 11.8. The molecule has 0 spiro atoms. The Kier molecular flexibility index (Phi) is 4.96. The molecule has 7 atom stereocenters. The SMILES string of the molecule is CCCC(C)C1CCC2(C)C3=C(CCC12C)C1(C)CCC(C)C(C)(C)C1CC3. The van der Waals surface area contributed by atoms with Gasteiger partial charge in [-0.1, -0.05) is 79.4 Å². The van der Waals surface area contributed by atoms with E-state index in [2.05, 4.69) is 55.4 Å². The summed E-state index contributed by atoms with van der Waals surface area (Å²) in [5.41, 5.74) is 5.95. The molecule has 2 fully saturated rings. The first kappa shape index (κ1) is 21.0. The van der Waals surface area contributed by atoms with Crippen LogP contribution in [0.5, 0.6) is 0 Å². The van der Waals surface area contributed by atoms with Crippen molar-refractivity contribution in [3.8, 4) is 0 Å². The van der Waals surface area contributed by atoms with Gasteiger partial charge in [-0.15, -0.1) is 0 Å². The zero-order valence-corrected chi connectivity index (χ0v) is 20.4. The quantitative estimate of drug-likeness (QED) is 0.426. The molecule has 28 heavy (non-hydrogen) atoms. The average molecular weight is 385 g/mol. The highest BCUT2D eigenvalue weighted by Crippen LogP contribution is 2.72. The van der Waals surface area contributed by atoms with Gasteiger partial charge >= 0.3 is 0 Å². The van der Waals surface area contributed by atoms with Crippen molar-refractivity contribution in [2.24, 2.45) is 45.3 Å². The molecule has 0 amide bonds. The maximum Gasteiger partial charge on any atom is -0.00568 e. The number of hydrogen-bond acceptors (Lipinski definition) is 0. The van der Waals surface area contributed by atoms with Crippen molar-refractivity contribution in [3.63, 3.8) is 0 Å². The van der Waals surface area contributed by atoms with Crippen molar-refractivity contribution in [1.29, 1.82) is 0 Å². The van der Waals surface area contributed by atoms with Gasteiger partial charge in [0.15, 0.2) is 0 Å². The first-order chi connectivity index (χ1) is 13.0.